The monoisotopic (exact) mass is 613 g/mol. The maximum absolute atomic E-state index is 6.11. The minimum absolute atomic E-state index is 0. The Labute approximate surface area is 271 Å². The van der Waals surface area contributed by atoms with E-state index in [1.54, 1.807) is 0 Å². The molecule has 1 saturated carbocycles. The number of allylic oxidation sites excluding steroid dienone is 10. The molecule has 4 N–H and O–H groups in total. The van der Waals surface area contributed by atoms with E-state index in [4.69, 9.17) is 9.47 Å². The standard InChI is InChI=1S/2C10H18O.2C10H14.2H2O/c1-9(2)8-4-6-10(3,11-9)7-5-8;1-8(2)10-6-4-9(3,11-10)5-7-10;2*1-8(2)10-6-4-9(3)5-7-10;;/h2*8H,4-7H2,1-3H3;2*4,6H,1,5,7H2,2-3H3;2*1H2. The van der Waals surface area contributed by atoms with Gasteiger partial charge in [-0.2, -0.15) is 0 Å². The fraction of sp³-hybridized carbons (Fsp3) is 0.700. The summed E-state index contributed by atoms with van der Waals surface area (Å²) in [6.45, 7) is 29.9. The first-order valence-electron chi connectivity index (χ1n) is 16.9. The summed E-state index contributed by atoms with van der Waals surface area (Å²) in [5.74, 6) is 1.52. The number of rotatable bonds is 3. The van der Waals surface area contributed by atoms with Crippen molar-refractivity contribution in [2.75, 3.05) is 0 Å². The van der Waals surface area contributed by atoms with Gasteiger partial charge in [-0.3, -0.25) is 0 Å². The zero-order valence-corrected chi connectivity index (χ0v) is 30.2. The van der Waals surface area contributed by atoms with E-state index < -0.39 is 0 Å². The van der Waals surface area contributed by atoms with Crippen LogP contribution in [-0.4, -0.2) is 33.4 Å². The molecule has 0 amide bonds. The van der Waals surface area contributed by atoms with Crippen LogP contribution in [0.3, 0.4) is 0 Å². The number of fused-ring (bicyclic) bond motifs is 5. The summed E-state index contributed by atoms with van der Waals surface area (Å²) in [7, 11) is 0. The molecule has 0 aromatic rings. The van der Waals surface area contributed by atoms with E-state index in [1.807, 2.05) is 0 Å². The van der Waals surface area contributed by atoms with Gasteiger partial charge in [-0.1, -0.05) is 73.6 Å². The van der Waals surface area contributed by atoms with Crippen LogP contribution in [0.5, 0.6) is 0 Å². The summed E-state index contributed by atoms with van der Waals surface area (Å²) < 4.78 is 12.2. The molecule has 4 heteroatoms. The molecule has 7 rings (SSSR count). The molecule has 0 aromatic carbocycles. The van der Waals surface area contributed by atoms with Crippen LogP contribution in [-0.2, 0) is 9.47 Å². The third-order valence-corrected chi connectivity index (χ3v) is 11.0. The highest BCUT2D eigenvalue weighted by Crippen LogP contribution is 2.53. The van der Waals surface area contributed by atoms with Crippen LogP contribution in [0.4, 0.5) is 0 Å². The largest absolute Gasteiger partial charge is 0.412 e. The normalized spacial score (nSPS) is 32.3. The first-order valence-corrected chi connectivity index (χ1v) is 16.9. The second-order valence-corrected chi connectivity index (χ2v) is 15.7. The van der Waals surface area contributed by atoms with Crippen molar-refractivity contribution in [3.05, 3.63) is 70.9 Å². The molecule has 5 fully saturated rings. The summed E-state index contributed by atoms with van der Waals surface area (Å²) in [6.07, 6.45) is 24.0. The second-order valence-electron chi connectivity index (χ2n) is 15.7. The van der Waals surface area contributed by atoms with Gasteiger partial charge in [-0.05, 0) is 155 Å². The van der Waals surface area contributed by atoms with E-state index in [-0.39, 0.29) is 33.4 Å². The molecule has 0 atom stereocenters. The second kappa shape index (κ2) is 16.2. The Morgan fingerprint density at radius 1 is 0.659 bits per heavy atom. The van der Waals surface area contributed by atoms with Crippen molar-refractivity contribution in [2.45, 2.75) is 169 Å². The van der Waals surface area contributed by atoms with Gasteiger partial charge in [0.2, 0.25) is 0 Å². The Kier molecular flexibility index (Phi) is 14.8. The Balaban J connectivity index is 0.000000289. The molecule has 4 bridgehead atoms. The van der Waals surface area contributed by atoms with Crippen LogP contribution >= 0.6 is 0 Å². The van der Waals surface area contributed by atoms with Gasteiger partial charge in [0.1, 0.15) is 0 Å². The third kappa shape index (κ3) is 10.7. The molecule has 4 saturated heterocycles. The Bertz CT molecular complexity index is 1050. The quantitative estimate of drug-likeness (QED) is 0.318. The van der Waals surface area contributed by atoms with Crippen LogP contribution in [0.2, 0.25) is 0 Å². The van der Waals surface area contributed by atoms with Crippen molar-refractivity contribution < 1.29 is 20.4 Å². The highest BCUT2D eigenvalue weighted by Gasteiger charge is 2.54. The smallest absolute Gasteiger partial charge is 0.0714 e. The fourth-order valence-corrected chi connectivity index (χ4v) is 7.53. The van der Waals surface area contributed by atoms with Gasteiger partial charge < -0.3 is 20.4 Å². The average Bonchev–Trinajstić information content (AvgIpc) is 3.45. The lowest BCUT2D eigenvalue weighted by Gasteiger charge is -2.54. The molecule has 0 spiro atoms. The van der Waals surface area contributed by atoms with Gasteiger partial charge in [-0.25, -0.2) is 0 Å². The topological polar surface area (TPSA) is 81.5 Å². The lowest BCUT2D eigenvalue weighted by atomic mass is 9.69. The average molecular weight is 613 g/mol. The zero-order valence-electron chi connectivity index (χ0n) is 30.2. The molecular weight excluding hydrogens is 544 g/mol. The van der Waals surface area contributed by atoms with E-state index in [1.165, 1.54) is 110 Å². The van der Waals surface area contributed by atoms with E-state index >= 15 is 0 Å². The lowest BCUT2D eigenvalue weighted by molar-refractivity contribution is -0.229. The lowest BCUT2D eigenvalue weighted by Crippen LogP contribution is -2.53. The predicted molar refractivity (Wildman–Crippen MR) is 190 cm³/mol. The van der Waals surface area contributed by atoms with Crippen molar-refractivity contribution in [1.29, 1.82) is 0 Å². The predicted octanol–water partition coefficient (Wildman–Crippen LogP) is 10.3. The third-order valence-electron chi connectivity index (χ3n) is 11.0. The molecule has 7 aliphatic rings. The van der Waals surface area contributed by atoms with Crippen LogP contribution < -0.4 is 0 Å². The number of ether oxygens (including phenoxy) is 2. The van der Waals surface area contributed by atoms with Crippen molar-refractivity contribution in [1.82, 2.24) is 0 Å². The minimum Gasteiger partial charge on any atom is -0.412 e. The SMILES string of the molecule is C=C(C)C1=CC=C(C)CC1.C=C(C)C1=CC=C(C)CC1.CC(C)C12CCC(C)(CC1)O2.CC12CCC(CC1)C(C)(C)O2.O.O. The Morgan fingerprint density at radius 3 is 1.27 bits per heavy atom. The highest BCUT2D eigenvalue weighted by molar-refractivity contribution is 5.35. The Morgan fingerprint density at radius 2 is 1.07 bits per heavy atom. The molecule has 3 aliphatic carbocycles. The molecule has 252 valence electrons. The summed E-state index contributed by atoms with van der Waals surface area (Å²) >= 11 is 0. The molecule has 0 radical (unpaired) electrons. The van der Waals surface area contributed by atoms with E-state index in [0.29, 0.717) is 5.92 Å². The van der Waals surface area contributed by atoms with Gasteiger partial charge in [0, 0.05) is 0 Å². The van der Waals surface area contributed by atoms with Crippen LogP contribution in [0.25, 0.3) is 0 Å². The van der Waals surface area contributed by atoms with Gasteiger partial charge in [0.25, 0.3) is 0 Å². The van der Waals surface area contributed by atoms with Crippen molar-refractivity contribution in [3.63, 3.8) is 0 Å². The first-order chi connectivity index (χ1) is 19.5. The minimum atomic E-state index is 0. The van der Waals surface area contributed by atoms with Gasteiger partial charge >= 0.3 is 0 Å². The van der Waals surface area contributed by atoms with E-state index in [2.05, 4.69) is 107 Å². The van der Waals surface area contributed by atoms with Crippen LogP contribution in [0, 0.1) is 11.8 Å². The summed E-state index contributed by atoms with van der Waals surface area (Å²) in [6, 6.07) is 0. The maximum Gasteiger partial charge on any atom is 0.0714 e. The van der Waals surface area contributed by atoms with Crippen LogP contribution in [0.15, 0.2) is 70.9 Å². The first kappa shape index (κ1) is 40.3. The molecule has 0 aromatic heterocycles. The Hall–Kier alpha value is -1.72. The number of hydrogen-bond donors (Lipinski definition) is 0. The fourth-order valence-electron chi connectivity index (χ4n) is 7.53. The summed E-state index contributed by atoms with van der Waals surface area (Å²) in [5, 5.41) is 0. The zero-order chi connectivity index (χ0) is 31.3. The van der Waals surface area contributed by atoms with Crippen LogP contribution in [0.1, 0.15) is 146 Å². The maximum atomic E-state index is 6.11. The molecule has 44 heavy (non-hydrogen) atoms. The van der Waals surface area contributed by atoms with E-state index in [9.17, 15) is 0 Å². The van der Waals surface area contributed by atoms with E-state index in [0.717, 1.165) is 5.92 Å². The molecule has 4 nitrogen and oxygen atoms in total. The molecule has 4 heterocycles. The molecular formula is C40H68O4. The van der Waals surface area contributed by atoms with Crippen molar-refractivity contribution in [2.24, 2.45) is 11.8 Å². The summed E-state index contributed by atoms with van der Waals surface area (Å²) in [5.41, 5.74) is 9.10. The van der Waals surface area contributed by atoms with Gasteiger partial charge in [0.05, 0.1) is 22.4 Å². The van der Waals surface area contributed by atoms with Crippen molar-refractivity contribution >= 4 is 0 Å². The number of hydrogen-bond acceptors (Lipinski definition) is 2. The highest BCUT2D eigenvalue weighted by atomic mass is 16.5. The van der Waals surface area contributed by atoms with Gasteiger partial charge in [-0.15, -0.1) is 0 Å². The molecule has 0 unspecified atom stereocenters. The molecule has 4 aliphatic heterocycles. The van der Waals surface area contributed by atoms with Gasteiger partial charge in [0.15, 0.2) is 0 Å². The summed E-state index contributed by atoms with van der Waals surface area (Å²) in [4.78, 5) is 0. The van der Waals surface area contributed by atoms with Crippen molar-refractivity contribution in [3.8, 4) is 0 Å².